The minimum absolute atomic E-state index is 0. The van der Waals surface area contributed by atoms with Crippen molar-refractivity contribution in [3.8, 4) is 0 Å². The molecule has 6 fully saturated rings. The van der Waals surface area contributed by atoms with E-state index >= 15 is 0 Å². The van der Waals surface area contributed by atoms with Crippen LogP contribution in [0, 0.1) is 80.8 Å². The largest absolute Gasteiger partial charge is 0.417 e. The zero-order chi connectivity index (χ0) is 47.8. The highest BCUT2D eigenvalue weighted by Gasteiger charge is 2.66. The monoisotopic (exact) mass is 969 g/mol. The second-order valence-corrected chi connectivity index (χ2v) is 23.1. The predicted molar refractivity (Wildman–Crippen MR) is 228 cm³/mol. The lowest BCUT2D eigenvalue weighted by Gasteiger charge is -2.59. The second kappa shape index (κ2) is 17.7. The maximum Gasteiger partial charge on any atom is 0.417 e. The number of alkyl halides is 12. The normalized spacial score (nSPS) is 45.1. The maximum absolute atomic E-state index is 13.5. The number of fused-ring (bicyclic) bond motifs is 10. The fourth-order valence-electron chi connectivity index (χ4n) is 16.6. The van der Waals surface area contributed by atoms with Crippen LogP contribution in [0.2, 0.25) is 0 Å². The third-order valence-corrected chi connectivity index (χ3v) is 20.5. The van der Waals surface area contributed by atoms with Crippen molar-refractivity contribution in [3.63, 3.8) is 0 Å². The van der Waals surface area contributed by atoms with Gasteiger partial charge < -0.3 is 20.4 Å². The topological polar surface area (TPSA) is 80.9 Å². The Bertz CT molecular complexity index is 1680. The highest BCUT2D eigenvalue weighted by atomic mass is 19.4. The molecule has 18 atom stereocenters. The average molecular weight is 969 g/mol. The Morgan fingerprint density at radius 3 is 1.09 bits per heavy atom. The molecule has 16 heteroatoms. The summed E-state index contributed by atoms with van der Waals surface area (Å²) in [5, 5.41) is 40.4. The minimum Gasteiger partial charge on any atom is -0.383 e. The molecule has 0 spiro atoms. The Hall–Kier alpha value is -1.52. The summed E-state index contributed by atoms with van der Waals surface area (Å²) >= 11 is 0. The van der Waals surface area contributed by atoms with Gasteiger partial charge in [-0.05, 0) is 171 Å². The number of hydrogen-bond acceptors (Lipinski definition) is 4. The Morgan fingerprint density at radius 1 is 0.485 bits per heavy atom. The molecule has 8 rings (SSSR count). The number of aliphatic hydroxyl groups excluding tert-OH is 2. The van der Waals surface area contributed by atoms with E-state index in [9.17, 15) is 73.1 Å². The molecule has 0 heterocycles. The van der Waals surface area contributed by atoms with Crippen molar-refractivity contribution < 1.29 is 73.1 Å². The smallest absolute Gasteiger partial charge is 0.383 e. The van der Waals surface area contributed by atoms with Crippen LogP contribution in [0.1, 0.15) is 159 Å². The first-order chi connectivity index (χ1) is 29.1. The lowest BCUT2D eigenvalue weighted by Crippen LogP contribution is -2.56. The van der Waals surface area contributed by atoms with Crippen LogP contribution in [0.25, 0.3) is 0 Å². The van der Waals surface area contributed by atoms with Gasteiger partial charge in [0.1, 0.15) is 0 Å². The molecular weight excluding hydrogens is 893 g/mol. The van der Waals surface area contributed by atoms with Crippen molar-refractivity contribution in [3.05, 3.63) is 23.3 Å². The van der Waals surface area contributed by atoms with Gasteiger partial charge in [0.15, 0.2) is 23.4 Å². The highest BCUT2D eigenvalue weighted by Crippen LogP contribution is 2.70. The van der Waals surface area contributed by atoms with E-state index in [2.05, 4.69) is 13.8 Å². The quantitative estimate of drug-likeness (QED) is 0.167. The lowest BCUT2D eigenvalue weighted by atomic mass is 9.46. The summed E-state index contributed by atoms with van der Waals surface area (Å²) in [5.74, 6) is -1.03. The molecule has 0 aromatic carbocycles. The Morgan fingerprint density at radius 2 is 0.803 bits per heavy atom. The van der Waals surface area contributed by atoms with Crippen LogP contribution in [-0.4, -0.2) is 68.5 Å². The molecule has 0 radical (unpaired) electrons. The SMILES string of the molecule is C.C.C[C@@H]([C@H]1CC[C@H]2[C@@H]3CC=C4C[C@](O)(C(F)(F)F)CC[C@]4(C)[C@H]3CC[C@]12C)[C@H](O)C(F)(F)F.C[C@H]([C@@H](O)C(F)(F)F)[C@H]1CC[C@H]2[C@@H]3CC=C4C[C@](O)(C(F)(F)F)CC[C@]4(C)[C@H]3CC[C@]12C. The van der Waals surface area contributed by atoms with Gasteiger partial charge in [0.2, 0.25) is 0 Å². The van der Waals surface area contributed by atoms with Crippen LogP contribution < -0.4 is 0 Å². The first-order valence-corrected chi connectivity index (χ1v) is 23.6. The second-order valence-electron chi connectivity index (χ2n) is 23.1. The molecule has 8 aliphatic rings. The molecule has 66 heavy (non-hydrogen) atoms. The summed E-state index contributed by atoms with van der Waals surface area (Å²) in [6.07, 6.45) is -13.3. The number of halogens is 12. The predicted octanol–water partition coefficient (Wildman–Crippen LogP) is 14.1. The van der Waals surface area contributed by atoms with Gasteiger partial charge in [0.25, 0.3) is 0 Å². The van der Waals surface area contributed by atoms with Crippen molar-refractivity contribution in [2.45, 2.75) is 207 Å². The van der Waals surface area contributed by atoms with Gasteiger partial charge in [0.05, 0.1) is 0 Å². The van der Waals surface area contributed by atoms with Gasteiger partial charge >= 0.3 is 24.7 Å². The van der Waals surface area contributed by atoms with E-state index < -0.39 is 70.8 Å². The van der Waals surface area contributed by atoms with Crippen molar-refractivity contribution in [1.82, 2.24) is 0 Å². The van der Waals surface area contributed by atoms with E-state index in [1.54, 1.807) is 0 Å². The number of aliphatic hydroxyl groups is 4. The summed E-state index contributed by atoms with van der Waals surface area (Å²) in [5.41, 5.74) is -5.38. The van der Waals surface area contributed by atoms with Crippen LogP contribution in [-0.2, 0) is 0 Å². The van der Waals surface area contributed by atoms with Crippen molar-refractivity contribution >= 4 is 0 Å². The summed E-state index contributed by atoms with van der Waals surface area (Å²) in [4.78, 5) is 0. The molecule has 0 saturated heterocycles. The van der Waals surface area contributed by atoms with Gasteiger partial charge in [-0.3, -0.25) is 0 Å². The van der Waals surface area contributed by atoms with Crippen molar-refractivity contribution in [2.75, 3.05) is 0 Å². The maximum atomic E-state index is 13.5. The molecule has 384 valence electrons. The standard InChI is InChI=1S/2C24H34F6O2.2CH4/c2*1-13(19(31)23(25,26)27)16-6-7-17-15-5-4-14-12-22(32,24(28,29)30)11-10-20(14,2)18(15)8-9-21(16,17)3;;/h2*4,13,15-19,31-32H,5-12H2,1-3H3;2*1H4/t13-,15-,16+,17-,18-,19+,20-,21+,22-;13-,15-,16+,17-,18-,19-,20-,21+,22-;;/m00../s1. The van der Waals surface area contributed by atoms with Crippen molar-refractivity contribution in [2.24, 2.45) is 80.8 Å². The molecule has 6 saturated carbocycles. The molecule has 0 aromatic rings. The Balaban J connectivity index is 0.000000240. The first kappa shape index (κ1) is 55.4. The molecule has 0 aliphatic heterocycles. The number of hydrogen-bond donors (Lipinski definition) is 4. The molecule has 0 amide bonds. The van der Waals surface area contributed by atoms with Crippen molar-refractivity contribution in [1.29, 1.82) is 0 Å². The number of allylic oxidation sites excluding steroid dienone is 2. The van der Waals surface area contributed by atoms with Gasteiger partial charge in [-0.25, -0.2) is 0 Å². The molecule has 0 bridgehead atoms. The van der Waals surface area contributed by atoms with Gasteiger partial charge in [-0.2, -0.15) is 52.7 Å². The minimum atomic E-state index is -4.66. The third-order valence-electron chi connectivity index (χ3n) is 20.5. The van der Waals surface area contributed by atoms with Gasteiger partial charge in [0, 0.05) is 12.8 Å². The van der Waals surface area contributed by atoms with Crippen LogP contribution >= 0.6 is 0 Å². The Labute approximate surface area is 383 Å². The summed E-state index contributed by atoms with van der Waals surface area (Å²) < 4.78 is 160. The lowest BCUT2D eigenvalue weighted by molar-refractivity contribution is -0.271. The zero-order valence-electron chi connectivity index (χ0n) is 37.7. The van der Waals surface area contributed by atoms with E-state index in [0.717, 1.165) is 38.5 Å². The average Bonchev–Trinajstić information content (AvgIpc) is 3.73. The van der Waals surface area contributed by atoms with Crippen LogP contribution in [0.4, 0.5) is 52.7 Å². The summed E-state index contributed by atoms with van der Waals surface area (Å²) in [7, 11) is 0. The molecule has 0 unspecified atom stereocenters. The van der Waals surface area contributed by atoms with E-state index in [0.29, 0.717) is 36.8 Å². The van der Waals surface area contributed by atoms with Gasteiger partial charge in [-0.15, -0.1) is 0 Å². The summed E-state index contributed by atoms with van der Waals surface area (Å²) in [6.45, 7) is 11.2. The fraction of sp³-hybridized carbons (Fsp3) is 0.920. The number of rotatable bonds is 4. The first-order valence-electron chi connectivity index (χ1n) is 23.6. The molecular formula is C50H76F12O4. The fourth-order valence-corrected chi connectivity index (χ4v) is 16.6. The molecule has 4 nitrogen and oxygen atoms in total. The van der Waals surface area contributed by atoms with E-state index in [1.165, 1.54) is 13.8 Å². The highest BCUT2D eigenvalue weighted by molar-refractivity contribution is 5.29. The zero-order valence-corrected chi connectivity index (χ0v) is 37.7. The Kier molecular flexibility index (Phi) is 14.8. The van der Waals surface area contributed by atoms with E-state index in [1.807, 2.05) is 26.0 Å². The van der Waals surface area contributed by atoms with Crippen LogP contribution in [0.15, 0.2) is 23.3 Å². The molecule has 0 aromatic heterocycles. The molecule has 8 aliphatic carbocycles. The van der Waals surface area contributed by atoms with E-state index in [4.69, 9.17) is 0 Å². The third kappa shape index (κ3) is 8.73. The van der Waals surface area contributed by atoms with E-state index in [-0.39, 0.29) is 112 Å². The van der Waals surface area contributed by atoms with Crippen LogP contribution in [0.5, 0.6) is 0 Å². The summed E-state index contributed by atoms with van der Waals surface area (Å²) in [6, 6.07) is 0. The van der Waals surface area contributed by atoms with Crippen LogP contribution in [0.3, 0.4) is 0 Å². The van der Waals surface area contributed by atoms with Gasteiger partial charge in [-0.1, -0.05) is 79.7 Å². The molecule has 4 N–H and O–H groups in total.